The molecule has 3 nitrogen and oxygen atoms in total. The molecule has 0 aliphatic rings. The van der Waals surface area contributed by atoms with Crippen LogP contribution in [0.3, 0.4) is 0 Å². The quantitative estimate of drug-likeness (QED) is 0.825. The van der Waals surface area contributed by atoms with E-state index in [1.807, 2.05) is 6.92 Å². The van der Waals surface area contributed by atoms with Crippen molar-refractivity contribution in [3.63, 3.8) is 0 Å². The second-order valence-corrected chi connectivity index (χ2v) is 4.38. The van der Waals surface area contributed by atoms with E-state index in [1.54, 1.807) is 18.2 Å². The Morgan fingerprint density at radius 3 is 2.79 bits per heavy atom. The first-order valence-corrected chi connectivity index (χ1v) is 6.21. The number of nitrogen functional groups attached to an aromatic ring is 1. The first-order valence-electron chi connectivity index (χ1n) is 5.84. The molecule has 0 fully saturated rings. The van der Waals surface area contributed by atoms with Crippen LogP contribution in [0.4, 0.5) is 21.5 Å². The van der Waals surface area contributed by atoms with Crippen LogP contribution in [0.2, 0.25) is 5.02 Å². The molecule has 0 atom stereocenters. The van der Waals surface area contributed by atoms with Crippen LogP contribution in [0.15, 0.2) is 36.4 Å². The Kier molecular flexibility index (Phi) is 4.12. The van der Waals surface area contributed by atoms with Crippen molar-refractivity contribution in [1.82, 2.24) is 0 Å². The largest absolute Gasteiger partial charge is 0.494 e. The molecule has 3 N–H and O–H groups in total. The van der Waals surface area contributed by atoms with Crippen molar-refractivity contribution in [2.24, 2.45) is 0 Å². The maximum Gasteiger partial charge on any atom is 0.125 e. The molecule has 5 heteroatoms. The van der Waals surface area contributed by atoms with Gasteiger partial charge in [0.1, 0.15) is 11.6 Å². The molecule has 0 bridgehead atoms. The van der Waals surface area contributed by atoms with E-state index in [0.717, 1.165) is 0 Å². The summed E-state index contributed by atoms with van der Waals surface area (Å²) in [4.78, 5) is 0. The van der Waals surface area contributed by atoms with Crippen molar-refractivity contribution < 1.29 is 9.13 Å². The smallest absolute Gasteiger partial charge is 0.125 e. The Morgan fingerprint density at radius 2 is 2.05 bits per heavy atom. The Labute approximate surface area is 116 Å². The molecule has 0 radical (unpaired) electrons. The Hall–Kier alpha value is -1.94. The molecule has 2 rings (SSSR count). The summed E-state index contributed by atoms with van der Waals surface area (Å²) in [5.74, 6) is 0.290. The standard InChI is InChI=1S/C14H14ClFN2O/c1-2-19-12-7-10(17)6-11(8-12)18-14-5-9(16)3-4-13(14)15/h3-8,18H,2,17H2,1H3. The first kappa shape index (κ1) is 13.5. The number of halogens is 2. The van der Waals surface area contributed by atoms with Gasteiger partial charge in [0.15, 0.2) is 0 Å². The summed E-state index contributed by atoms with van der Waals surface area (Å²) in [5.41, 5.74) is 7.51. The molecule has 19 heavy (non-hydrogen) atoms. The van der Waals surface area contributed by atoms with Gasteiger partial charge < -0.3 is 15.8 Å². The highest BCUT2D eigenvalue weighted by Gasteiger charge is 2.05. The number of rotatable bonds is 4. The summed E-state index contributed by atoms with van der Waals surface area (Å²) >= 11 is 6.00. The van der Waals surface area contributed by atoms with Crippen LogP contribution in [0.1, 0.15) is 6.92 Å². The van der Waals surface area contributed by atoms with E-state index in [1.165, 1.54) is 18.2 Å². The normalized spacial score (nSPS) is 10.3. The van der Waals surface area contributed by atoms with Gasteiger partial charge in [0.2, 0.25) is 0 Å². The fraction of sp³-hybridized carbons (Fsp3) is 0.143. The van der Waals surface area contributed by atoms with E-state index in [2.05, 4.69) is 5.32 Å². The maximum atomic E-state index is 13.2. The molecule has 2 aromatic rings. The molecule has 0 aliphatic heterocycles. The van der Waals surface area contributed by atoms with Crippen LogP contribution >= 0.6 is 11.6 Å². The molecule has 0 saturated heterocycles. The van der Waals surface area contributed by atoms with E-state index in [0.29, 0.717) is 34.4 Å². The van der Waals surface area contributed by atoms with Crippen molar-refractivity contribution >= 4 is 28.7 Å². The predicted molar refractivity (Wildman–Crippen MR) is 76.7 cm³/mol. The summed E-state index contributed by atoms with van der Waals surface area (Å²) in [7, 11) is 0. The molecule has 0 aliphatic carbocycles. The van der Waals surface area contributed by atoms with Crippen LogP contribution in [0, 0.1) is 5.82 Å². The zero-order chi connectivity index (χ0) is 13.8. The lowest BCUT2D eigenvalue weighted by Crippen LogP contribution is -1.97. The number of benzene rings is 2. The number of ether oxygens (including phenoxy) is 1. The van der Waals surface area contributed by atoms with Crippen molar-refractivity contribution in [2.45, 2.75) is 6.92 Å². The summed E-state index contributed by atoms with van der Waals surface area (Å²) in [6, 6.07) is 9.35. The average Bonchev–Trinajstić information content (AvgIpc) is 2.33. The zero-order valence-electron chi connectivity index (χ0n) is 10.4. The SMILES string of the molecule is CCOc1cc(N)cc(Nc2cc(F)ccc2Cl)c1. The fourth-order valence-corrected chi connectivity index (χ4v) is 1.86. The molecule has 0 amide bonds. The number of nitrogens with two attached hydrogens (primary N) is 1. The minimum absolute atomic E-state index is 0.360. The van der Waals surface area contributed by atoms with E-state index in [9.17, 15) is 4.39 Å². The maximum absolute atomic E-state index is 13.2. The van der Waals surface area contributed by atoms with Crippen LogP contribution in [0.5, 0.6) is 5.75 Å². The average molecular weight is 281 g/mol. The van der Waals surface area contributed by atoms with Crippen LogP contribution in [-0.4, -0.2) is 6.61 Å². The topological polar surface area (TPSA) is 47.3 Å². The molecular formula is C14H14ClFN2O. The van der Waals surface area contributed by atoms with Gasteiger partial charge >= 0.3 is 0 Å². The molecule has 0 unspecified atom stereocenters. The Bertz CT molecular complexity index is 590. The van der Waals surface area contributed by atoms with Gasteiger partial charge in [0.25, 0.3) is 0 Å². The van der Waals surface area contributed by atoms with Gasteiger partial charge in [0.05, 0.1) is 17.3 Å². The van der Waals surface area contributed by atoms with Crippen molar-refractivity contribution in [3.05, 3.63) is 47.2 Å². The zero-order valence-corrected chi connectivity index (χ0v) is 11.2. The summed E-state index contributed by atoms with van der Waals surface area (Å²) in [6.45, 7) is 2.43. The highest BCUT2D eigenvalue weighted by molar-refractivity contribution is 6.33. The molecule has 2 aromatic carbocycles. The van der Waals surface area contributed by atoms with Gasteiger partial charge in [-0.1, -0.05) is 11.6 Å². The van der Waals surface area contributed by atoms with Gasteiger partial charge in [-0.05, 0) is 31.2 Å². The highest BCUT2D eigenvalue weighted by atomic mass is 35.5. The third-order valence-electron chi connectivity index (χ3n) is 2.45. The van der Waals surface area contributed by atoms with Crippen molar-refractivity contribution in [3.8, 4) is 5.75 Å². The number of hydrogen-bond donors (Lipinski definition) is 2. The van der Waals surface area contributed by atoms with E-state index in [-0.39, 0.29) is 5.82 Å². The fourth-order valence-electron chi connectivity index (χ4n) is 1.69. The van der Waals surface area contributed by atoms with Crippen LogP contribution in [-0.2, 0) is 0 Å². The minimum atomic E-state index is -0.360. The highest BCUT2D eigenvalue weighted by Crippen LogP contribution is 2.29. The van der Waals surface area contributed by atoms with E-state index in [4.69, 9.17) is 22.1 Å². The number of anilines is 3. The van der Waals surface area contributed by atoms with Crippen molar-refractivity contribution in [1.29, 1.82) is 0 Å². The predicted octanol–water partition coefficient (Wildman–Crippen LogP) is 4.20. The molecule has 100 valence electrons. The van der Waals surface area contributed by atoms with Gasteiger partial charge in [-0.2, -0.15) is 0 Å². The summed E-state index contributed by atoms with van der Waals surface area (Å²) < 4.78 is 18.6. The van der Waals surface area contributed by atoms with Gasteiger partial charge in [-0.15, -0.1) is 0 Å². The number of hydrogen-bond acceptors (Lipinski definition) is 3. The molecule has 0 saturated carbocycles. The van der Waals surface area contributed by atoms with Crippen molar-refractivity contribution in [2.75, 3.05) is 17.7 Å². The van der Waals surface area contributed by atoms with Crippen LogP contribution in [0.25, 0.3) is 0 Å². The second kappa shape index (κ2) is 5.80. The van der Waals surface area contributed by atoms with Crippen LogP contribution < -0.4 is 15.8 Å². The second-order valence-electron chi connectivity index (χ2n) is 3.97. The first-order chi connectivity index (χ1) is 9.08. The third-order valence-corrected chi connectivity index (χ3v) is 2.78. The van der Waals surface area contributed by atoms with E-state index >= 15 is 0 Å². The summed E-state index contributed by atoms with van der Waals surface area (Å²) in [6.07, 6.45) is 0. The van der Waals surface area contributed by atoms with Gasteiger partial charge in [-0.3, -0.25) is 0 Å². The van der Waals surface area contributed by atoms with E-state index < -0.39 is 0 Å². The lowest BCUT2D eigenvalue weighted by Gasteiger charge is -2.11. The monoisotopic (exact) mass is 280 g/mol. The minimum Gasteiger partial charge on any atom is -0.494 e. The van der Waals surface area contributed by atoms with Gasteiger partial charge in [0, 0.05) is 23.5 Å². The Balaban J connectivity index is 2.29. The Morgan fingerprint density at radius 1 is 1.26 bits per heavy atom. The molecule has 0 aromatic heterocycles. The molecule has 0 spiro atoms. The lowest BCUT2D eigenvalue weighted by atomic mass is 10.2. The lowest BCUT2D eigenvalue weighted by molar-refractivity contribution is 0.340. The number of nitrogens with one attached hydrogen (secondary N) is 1. The van der Waals surface area contributed by atoms with Gasteiger partial charge in [-0.25, -0.2) is 4.39 Å². The molecular weight excluding hydrogens is 267 g/mol. The molecule has 0 heterocycles. The third kappa shape index (κ3) is 3.51. The summed E-state index contributed by atoms with van der Waals surface area (Å²) in [5, 5.41) is 3.45.